The van der Waals surface area contributed by atoms with Crippen molar-refractivity contribution in [2.45, 2.75) is 33.6 Å². The fourth-order valence-corrected chi connectivity index (χ4v) is 1.38. The fraction of sp³-hybridized carbons (Fsp3) is 0.636. The van der Waals surface area contributed by atoms with Gasteiger partial charge in [-0.2, -0.15) is 4.98 Å². The molecule has 1 heterocycles. The van der Waals surface area contributed by atoms with E-state index in [4.69, 9.17) is 4.74 Å². The molecule has 0 amide bonds. The summed E-state index contributed by atoms with van der Waals surface area (Å²) in [7, 11) is 0. The Morgan fingerprint density at radius 3 is 2.47 bits per heavy atom. The molecule has 3 nitrogen and oxygen atoms in total. The number of ether oxygens (including phenoxy) is 1. The normalized spacial score (nSPS) is 11.1. The molecule has 0 radical (unpaired) electrons. The Morgan fingerprint density at radius 2 is 1.93 bits per heavy atom. The van der Waals surface area contributed by atoms with Gasteiger partial charge in [0, 0.05) is 12.0 Å². The SMILES string of the molecule is CC(C)COc1cc(Br)nc(C(C)C)n1. The molecule has 0 fully saturated rings. The summed E-state index contributed by atoms with van der Waals surface area (Å²) in [6, 6.07) is 1.80. The molecule has 1 aromatic rings. The van der Waals surface area contributed by atoms with Crippen molar-refractivity contribution in [1.29, 1.82) is 0 Å². The van der Waals surface area contributed by atoms with Crippen molar-refractivity contribution in [3.63, 3.8) is 0 Å². The number of nitrogens with zero attached hydrogens (tertiary/aromatic N) is 2. The van der Waals surface area contributed by atoms with Crippen LogP contribution in [0, 0.1) is 5.92 Å². The lowest BCUT2D eigenvalue weighted by Crippen LogP contribution is -2.07. The van der Waals surface area contributed by atoms with Gasteiger partial charge in [0.25, 0.3) is 0 Å². The average molecular weight is 273 g/mol. The van der Waals surface area contributed by atoms with Crippen LogP contribution in [-0.2, 0) is 0 Å². The van der Waals surface area contributed by atoms with Gasteiger partial charge in [-0.05, 0) is 21.8 Å². The molecule has 15 heavy (non-hydrogen) atoms. The summed E-state index contributed by atoms with van der Waals surface area (Å²) in [5.41, 5.74) is 0. The largest absolute Gasteiger partial charge is 0.477 e. The molecule has 1 aromatic heterocycles. The summed E-state index contributed by atoms with van der Waals surface area (Å²) in [6.45, 7) is 9.03. The van der Waals surface area contributed by atoms with E-state index in [0.717, 1.165) is 10.4 Å². The second-order valence-electron chi connectivity index (χ2n) is 4.25. The molecule has 4 heteroatoms. The van der Waals surface area contributed by atoms with E-state index in [-0.39, 0.29) is 0 Å². The fourth-order valence-electron chi connectivity index (χ4n) is 0.998. The van der Waals surface area contributed by atoms with Crippen molar-refractivity contribution in [1.82, 2.24) is 9.97 Å². The number of rotatable bonds is 4. The van der Waals surface area contributed by atoms with E-state index < -0.39 is 0 Å². The Kier molecular flexibility index (Phi) is 4.51. The van der Waals surface area contributed by atoms with Gasteiger partial charge in [0.2, 0.25) is 5.88 Å². The third-order valence-corrected chi connectivity index (χ3v) is 2.18. The smallest absolute Gasteiger partial charge is 0.217 e. The molecule has 0 aliphatic heterocycles. The molecule has 0 aliphatic rings. The Hall–Kier alpha value is -0.640. The van der Waals surface area contributed by atoms with Crippen LogP contribution in [0.4, 0.5) is 0 Å². The molecule has 0 aromatic carbocycles. The van der Waals surface area contributed by atoms with Crippen molar-refractivity contribution in [2.75, 3.05) is 6.61 Å². The Labute approximate surface area is 99.4 Å². The summed E-state index contributed by atoms with van der Waals surface area (Å²) in [6.07, 6.45) is 0. The van der Waals surface area contributed by atoms with Crippen LogP contribution in [0.3, 0.4) is 0 Å². The first-order chi connectivity index (χ1) is 6.99. The molecular weight excluding hydrogens is 256 g/mol. The Morgan fingerprint density at radius 1 is 1.27 bits per heavy atom. The highest BCUT2D eigenvalue weighted by Gasteiger charge is 2.07. The molecule has 0 spiro atoms. The van der Waals surface area contributed by atoms with Gasteiger partial charge in [-0.1, -0.05) is 27.7 Å². The Bertz CT molecular complexity index is 326. The minimum Gasteiger partial charge on any atom is -0.477 e. The number of halogens is 1. The number of aromatic nitrogens is 2. The summed E-state index contributed by atoms with van der Waals surface area (Å²) in [5, 5.41) is 0. The van der Waals surface area contributed by atoms with Crippen LogP contribution in [-0.4, -0.2) is 16.6 Å². The maximum absolute atomic E-state index is 5.56. The van der Waals surface area contributed by atoms with Crippen molar-refractivity contribution in [3.05, 3.63) is 16.5 Å². The van der Waals surface area contributed by atoms with E-state index in [0.29, 0.717) is 24.3 Å². The van der Waals surface area contributed by atoms with Crippen LogP contribution >= 0.6 is 15.9 Å². The van der Waals surface area contributed by atoms with Gasteiger partial charge >= 0.3 is 0 Å². The standard InChI is InChI=1S/C11H17BrN2O/c1-7(2)6-15-10-5-9(12)13-11(14-10)8(3)4/h5,7-8H,6H2,1-4H3. The molecule has 84 valence electrons. The van der Waals surface area contributed by atoms with E-state index in [2.05, 4.69) is 53.6 Å². The quantitative estimate of drug-likeness (QED) is 0.789. The maximum Gasteiger partial charge on any atom is 0.217 e. The van der Waals surface area contributed by atoms with Crippen LogP contribution in [0.5, 0.6) is 5.88 Å². The maximum atomic E-state index is 5.56. The lowest BCUT2D eigenvalue weighted by molar-refractivity contribution is 0.259. The van der Waals surface area contributed by atoms with Gasteiger partial charge in [-0.25, -0.2) is 4.98 Å². The van der Waals surface area contributed by atoms with Gasteiger partial charge in [-0.15, -0.1) is 0 Å². The monoisotopic (exact) mass is 272 g/mol. The van der Waals surface area contributed by atoms with Gasteiger partial charge in [0.05, 0.1) is 6.61 Å². The second-order valence-corrected chi connectivity index (χ2v) is 5.06. The zero-order valence-corrected chi connectivity index (χ0v) is 11.2. The predicted octanol–water partition coefficient (Wildman–Crippen LogP) is 3.40. The topological polar surface area (TPSA) is 35.0 Å². The zero-order chi connectivity index (χ0) is 11.4. The van der Waals surface area contributed by atoms with Gasteiger partial charge in [-0.3, -0.25) is 0 Å². The average Bonchev–Trinajstić information content (AvgIpc) is 2.13. The minimum absolute atomic E-state index is 0.309. The van der Waals surface area contributed by atoms with Crippen molar-refractivity contribution in [2.24, 2.45) is 5.92 Å². The lowest BCUT2D eigenvalue weighted by Gasteiger charge is -2.10. The highest BCUT2D eigenvalue weighted by molar-refractivity contribution is 9.10. The van der Waals surface area contributed by atoms with E-state index in [1.165, 1.54) is 0 Å². The van der Waals surface area contributed by atoms with E-state index >= 15 is 0 Å². The molecule has 0 unspecified atom stereocenters. The van der Waals surface area contributed by atoms with Crippen LogP contribution in [0.15, 0.2) is 10.7 Å². The van der Waals surface area contributed by atoms with Crippen molar-refractivity contribution >= 4 is 15.9 Å². The zero-order valence-electron chi connectivity index (χ0n) is 9.62. The third-order valence-electron chi connectivity index (χ3n) is 1.77. The minimum atomic E-state index is 0.309. The molecule has 0 atom stereocenters. The van der Waals surface area contributed by atoms with Crippen LogP contribution in [0.1, 0.15) is 39.4 Å². The lowest BCUT2D eigenvalue weighted by atomic mass is 10.2. The van der Waals surface area contributed by atoms with Crippen molar-refractivity contribution in [3.8, 4) is 5.88 Å². The van der Waals surface area contributed by atoms with Gasteiger partial charge < -0.3 is 4.74 Å². The molecule has 0 saturated heterocycles. The predicted molar refractivity (Wildman–Crippen MR) is 64.2 cm³/mol. The molecule has 0 bridgehead atoms. The van der Waals surface area contributed by atoms with Crippen LogP contribution in [0.2, 0.25) is 0 Å². The second kappa shape index (κ2) is 5.45. The van der Waals surface area contributed by atoms with Crippen LogP contribution < -0.4 is 4.74 Å². The number of hydrogen-bond donors (Lipinski definition) is 0. The summed E-state index contributed by atoms with van der Waals surface area (Å²) in [5.74, 6) is 2.27. The Balaban J connectivity index is 2.79. The van der Waals surface area contributed by atoms with E-state index in [1.54, 1.807) is 6.07 Å². The molecule has 1 rings (SSSR count). The highest BCUT2D eigenvalue weighted by atomic mass is 79.9. The summed E-state index contributed by atoms with van der Waals surface area (Å²) < 4.78 is 6.34. The van der Waals surface area contributed by atoms with E-state index in [9.17, 15) is 0 Å². The molecule has 0 N–H and O–H groups in total. The third kappa shape index (κ3) is 4.16. The molecular formula is C11H17BrN2O. The molecule has 0 aliphatic carbocycles. The number of hydrogen-bond acceptors (Lipinski definition) is 3. The summed E-state index contributed by atoms with van der Waals surface area (Å²) >= 11 is 3.36. The first kappa shape index (κ1) is 12.4. The molecule has 0 saturated carbocycles. The summed E-state index contributed by atoms with van der Waals surface area (Å²) in [4.78, 5) is 8.63. The first-order valence-corrected chi connectivity index (χ1v) is 5.95. The van der Waals surface area contributed by atoms with E-state index in [1.807, 2.05) is 0 Å². The first-order valence-electron chi connectivity index (χ1n) is 5.16. The van der Waals surface area contributed by atoms with Crippen LogP contribution in [0.25, 0.3) is 0 Å². The van der Waals surface area contributed by atoms with Crippen molar-refractivity contribution < 1.29 is 4.74 Å². The van der Waals surface area contributed by atoms with Gasteiger partial charge in [0.1, 0.15) is 10.4 Å². The van der Waals surface area contributed by atoms with Gasteiger partial charge in [0.15, 0.2) is 0 Å². The highest BCUT2D eigenvalue weighted by Crippen LogP contribution is 2.19.